The second kappa shape index (κ2) is 8.44. The first-order valence-corrected chi connectivity index (χ1v) is 9.45. The highest BCUT2D eigenvalue weighted by molar-refractivity contribution is 5.89. The molecule has 0 radical (unpaired) electrons. The zero-order valence-electron chi connectivity index (χ0n) is 15.8. The molecule has 0 aliphatic heterocycles. The lowest BCUT2D eigenvalue weighted by molar-refractivity contribution is -0.129. The summed E-state index contributed by atoms with van der Waals surface area (Å²) in [5, 5.41) is 1.07. The fourth-order valence-corrected chi connectivity index (χ4v) is 3.46. The Morgan fingerprint density at radius 2 is 1.31 bits per heavy atom. The summed E-state index contributed by atoms with van der Waals surface area (Å²) in [4.78, 5) is 25.3. The molecule has 0 saturated carbocycles. The van der Waals surface area contributed by atoms with E-state index in [9.17, 15) is 9.59 Å². The fraction of sp³-hybridized carbons (Fsp3) is 0.0833. The minimum Gasteiger partial charge on any atom is -0.338 e. The summed E-state index contributed by atoms with van der Waals surface area (Å²) in [6, 6.07) is 28.8. The maximum Gasteiger partial charge on any atom is 0.258 e. The molecular weight excluding hydrogens is 362 g/mol. The van der Waals surface area contributed by atoms with E-state index >= 15 is 0 Å². The van der Waals surface area contributed by atoms with E-state index in [1.165, 1.54) is 0 Å². The second-order valence-corrected chi connectivity index (χ2v) is 6.79. The molecule has 3 aromatic carbocycles. The Bertz CT molecular complexity index is 1080. The number of hydrazine groups is 1. The Labute approximate surface area is 168 Å². The molecule has 0 unspecified atom stereocenters. The minimum atomic E-state index is -0.509. The Balaban J connectivity index is 1.46. The zero-order chi connectivity index (χ0) is 20.1. The lowest BCUT2D eigenvalue weighted by Gasteiger charge is -2.18. The van der Waals surface area contributed by atoms with Crippen molar-refractivity contribution >= 4 is 22.7 Å². The van der Waals surface area contributed by atoms with Gasteiger partial charge in [-0.1, -0.05) is 78.9 Å². The number of hydrogen-bond acceptors (Lipinski definition) is 2. The van der Waals surface area contributed by atoms with Crippen molar-refractivity contribution in [3.8, 4) is 0 Å². The van der Waals surface area contributed by atoms with E-state index in [4.69, 9.17) is 0 Å². The highest BCUT2D eigenvalue weighted by Gasteiger charge is 2.22. The van der Waals surface area contributed by atoms with Gasteiger partial charge in [-0.2, -0.15) is 0 Å². The van der Waals surface area contributed by atoms with Crippen LogP contribution >= 0.6 is 0 Å². The van der Waals surface area contributed by atoms with Crippen molar-refractivity contribution in [2.24, 2.45) is 0 Å². The standard InChI is InChI=1S/C24H21N3O2/c28-22(17-27-16-15-18-9-7-8-14-21(18)27)25-26-24(29)23(19-10-3-1-4-11-19)20-12-5-2-6-13-20/h1-16,23H,17H2,(H,25,28)(H,26,29). The number of fused-ring (bicyclic) bond motifs is 1. The molecular formula is C24H21N3O2. The minimum absolute atomic E-state index is 0.120. The van der Waals surface area contributed by atoms with Crippen LogP contribution in [-0.2, 0) is 16.1 Å². The third-order valence-corrected chi connectivity index (χ3v) is 4.85. The molecule has 1 heterocycles. The summed E-state index contributed by atoms with van der Waals surface area (Å²) in [7, 11) is 0. The number of hydrogen-bond donors (Lipinski definition) is 2. The van der Waals surface area contributed by atoms with Crippen molar-refractivity contribution in [3.63, 3.8) is 0 Å². The molecule has 29 heavy (non-hydrogen) atoms. The smallest absolute Gasteiger partial charge is 0.258 e. The Morgan fingerprint density at radius 3 is 1.97 bits per heavy atom. The van der Waals surface area contributed by atoms with Crippen LogP contribution in [0.5, 0.6) is 0 Å². The molecule has 1 aromatic heterocycles. The molecule has 4 rings (SSSR count). The van der Waals surface area contributed by atoms with E-state index in [0.29, 0.717) is 0 Å². The lowest BCUT2D eigenvalue weighted by atomic mass is 9.91. The molecule has 4 aromatic rings. The summed E-state index contributed by atoms with van der Waals surface area (Å²) < 4.78 is 1.85. The van der Waals surface area contributed by atoms with Gasteiger partial charge in [0, 0.05) is 11.7 Å². The highest BCUT2D eigenvalue weighted by atomic mass is 16.2. The van der Waals surface area contributed by atoms with Crippen LogP contribution in [0.25, 0.3) is 10.9 Å². The number of aromatic nitrogens is 1. The molecule has 0 atom stereocenters. The third-order valence-electron chi connectivity index (χ3n) is 4.85. The van der Waals surface area contributed by atoms with Crippen molar-refractivity contribution in [2.75, 3.05) is 0 Å². The number of carbonyl (C=O) groups is 2. The van der Waals surface area contributed by atoms with Crippen molar-refractivity contribution in [1.29, 1.82) is 0 Å². The summed E-state index contributed by atoms with van der Waals surface area (Å²) in [6.45, 7) is 0.120. The van der Waals surface area contributed by atoms with E-state index in [1.807, 2.05) is 102 Å². The average molecular weight is 383 g/mol. The number of benzene rings is 3. The van der Waals surface area contributed by atoms with Gasteiger partial charge in [0.15, 0.2) is 0 Å². The Hall–Kier alpha value is -3.86. The average Bonchev–Trinajstić information content (AvgIpc) is 3.17. The van der Waals surface area contributed by atoms with E-state index in [0.717, 1.165) is 22.0 Å². The van der Waals surface area contributed by atoms with Gasteiger partial charge in [-0.3, -0.25) is 20.4 Å². The van der Waals surface area contributed by atoms with Gasteiger partial charge in [0.05, 0.1) is 5.92 Å². The van der Waals surface area contributed by atoms with E-state index in [-0.39, 0.29) is 18.4 Å². The van der Waals surface area contributed by atoms with Crippen molar-refractivity contribution in [2.45, 2.75) is 12.5 Å². The van der Waals surface area contributed by atoms with Crippen LogP contribution in [0.2, 0.25) is 0 Å². The topological polar surface area (TPSA) is 63.1 Å². The maximum atomic E-state index is 12.9. The van der Waals surface area contributed by atoms with Crippen molar-refractivity contribution in [3.05, 3.63) is 108 Å². The molecule has 0 bridgehead atoms. The van der Waals surface area contributed by atoms with Crippen molar-refractivity contribution in [1.82, 2.24) is 15.4 Å². The van der Waals surface area contributed by atoms with Crippen LogP contribution in [0.4, 0.5) is 0 Å². The predicted octanol–water partition coefficient (Wildman–Crippen LogP) is 3.62. The quantitative estimate of drug-likeness (QED) is 0.517. The van der Waals surface area contributed by atoms with Gasteiger partial charge in [0.25, 0.3) is 5.91 Å². The van der Waals surface area contributed by atoms with Crippen LogP contribution in [0, 0.1) is 0 Å². The van der Waals surface area contributed by atoms with Crippen LogP contribution in [0.15, 0.2) is 97.2 Å². The molecule has 2 amide bonds. The van der Waals surface area contributed by atoms with Gasteiger partial charge in [0.1, 0.15) is 6.54 Å². The predicted molar refractivity (Wildman–Crippen MR) is 113 cm³/mol. The zero-order valence-corrected chi connectivity index (χ0v) is 15.8. The normalized spacial score (nSPS) is 10.8. The Kier molecular flexibility index (Phi) is 5.38. The Morgan fingerprint density at radius 1 is 0.724 bits per heavy atom. The van der Waals surface area contributed by atoms with Crippen LogP contribution in [-0.4, -0.2) is 16.4 Å². The van der Waals surface area contributed by atoms with Gasteiger partial charge in [0.2, 0.25) is 5.91 Å². The van der Waals surface area contributed by atoms with Gasteiger partial charge in [-0.25, -0.2) is 0 Å². The van der Waals surface area contributed by atoms with Crippen LogP contribution < -0.4 is 10.9 Å². The summed E-state index contributed by atoms with van der Waals surface area (Å²) in [5.74, 6) is -1.09. The number of amides is 2. The maximum absolute atomic E-state index is 12.9. The summed E-state index contributed by atoms with van der Waals surface area (Å²) >= 11 is 0. The second-order valence-electron chi connectivity index (χ2n) is 6.79. The molecule has 0 saturated heterocycles. The molecule has 5 heteroatoms. The van der Waals surface area contributed by atoms with Gasteiger partial charge >= 0.3 is 0 Å². The highest BCUT2D eigenvalue weighted by Crippen LogP contribution is 2.24. The molecule has 2 N–H and O–H groups in total. The molecule has 0 aliphatic carbocycles. The number of para-hydroxylation sites is 1. The largest absolute Gasteiger partial charge is 0.338 e. The molecule has 0 fully saturated rings. The fourth-order valence-electron chi connectivity index (χ4n) is 3.46. The molecule has 0 aliphatic rings. The van der Waals surface area contributed by atoms with E-state index in [1.54, 1.807) is 0 Å². The number of carbonyl (C=O) groups excluding carboxylic acids is 2. The van der Waals surface area contributed by atoms with E-state index in [2.05, 4.69) is 10.9 Å². The first kappa shape index (κ1) is 18.5. The monoisotopic (exact) mass is 383 g/mol. The van der Waals surface area contributed by atoms with Gasteiger partial charge in [-0.15, -0.1) is 0 Å². The van der Waals surface area contributed by atoms with Crippen LogP contribution in [0.3, 0.4) is 0 Å². The molecule has 5 nitrogen and oxygen atoms in total. The van der Waals surface area contributed by atoms with Gasteiger partial charge < -0.3 is 4.57 Å². The summed E-state index contributed by atoms with van der Waals surface area (Å²) in [5.41, 5.74) is 7.83. The first-order valence-electron chi connectivity index (χ1n) is 9.45. The summed E-state index contributed by atoms with van der Waals surface area (Å²) in [6.07, 6.45) is 1.86. The SMILES string of the molecule is O=C(Cn1ccc2ccccc21)NNC(=O)C(c1ccccc1)c1ccccc1. The van der Waals surface area contributed by atoms with E-state index < -0.39 is 5.92 Å². The number of nitrogens with one attached hydrogen (secondary N) is 2. The van der Waals surface area contributed by atoms with Gasteiger partial charge in [-0.05, 0) is 28.6 Å². The molecule has 144 valence electrons. The lowest BCUT2D eigenvalue weighted by Crippen LogP contribution is -2.45. The molecule has 0 spiro atoms. The first-order chi connectivity index (χ1) is 14.2. The number of rotatable bonds is 5. The number of nitrogens with zero attached hydrogens (tertiary/aromatic N) is 1. The van der Waals surface area contributed by atoms with Crippen LogP contribution in [0.1, 0.15) is 17.0 Å². The third kappa shape index (κ3) is 4.19. The van der Waals surface area contributed by atoms with Crippen molar-refractivity contribution < 1.29 is 9.59 Å².